The van der Waals surface area contributed by atoms with Gasteiger partial charge in [0.05, 0.1) is 27.6 Å². The van der Waals surface area contributed by atoms with Gasteiger partial charge >= 0.3 is 0 Å². The predicted octanol–water partition coefficient (Wildman–Crippen LogP) is 7.41. The molecule has 7 heteroatoms. The Morgan fingerprint density at radius 2 is 1.84 bits per heavy atom. The van der Waals surface area contributed by atoms with Gasteiger partial charge in [-0.05, 0) is 55.2 Å². The Kier molecular flexibility index (Phi) is 6.80. The quantitative estimate of drug-likeness (QED) is 0.370. The Morgan fingerprint density at radius 1 is 1.10 bits per heavy atom. The van der Waals surface area contributed by atoms with Crippen LogP contribution in [0.4, 0.5) is 0 Å². The molecule has 0 saturated heterocycles. The first-order chi connectivity index (χ1) is 14.8. The normalized spacial score (nSPS) is 14.6. The van der Waals surface area contributed by atoms with Crippen molar-refractivity contribution < 1.29 is 4.79 Å². The van der Waals surface area contributed by atoms with Gasteiger partial charge in [-0.15, -0.1) is 0 Å². The number of benzene rings is 2. The largest absolute Gasteiger partial charge is 0.331 e. The van der Waals surface area contributed by atoms with E-state index in [4.69, 9.17) is 39.8 Å². The summed E-state index contributed by atoms with van der Waals surface area (Å²) < 4.78 is 2.31. The fourth-order valence-corrected chi connectivity index (χ4v) is 4.90. The molecule has 0 radical (unpaired) electrons. The van der Waals surface area contributed by atoms with Crippen molar-refractivity contribution in [2.45, 2.75) is 52.1 Å². The Morgan fingerprint density at radius 3 is 2.52 bits per heavy atom. The number of fused-ring (bicyclic) bond motifs is 1. The summed E-state index contributed by atoms with van der Waals surface area (Å²) in [7, 11) is 0. The van der Waals surface area contributed by atoms with E-state index in [1.165, 1.54) is 12.8 Å². The minimum absolute atomic E-state index is 0.0738. The highest BCUT2D eigenvalue weighted by Gasteiger charge is 2.26. The molecule has 0 atom stereocenters. The molecule has 1 saturated carbocycles. The average molecular weight is 479 g/mol. The molecule has 0 spiro atoms. The van der Waals surface area contributed by atoms with Crippen molar-refractivity contribution in [2.75, 3.05) is 6.54 Å². The number of hydrogen-bond donors (Lipinski definition) is 0. The fraction of sp³-hybridized carbons (Fsp3) is 0.417. The van der Waals surface area contributed by atoms with E-state index in [-0.39, 0.29) is 5.91 Å². The minimum atomic E-state index is -0.0738. The summed E-state index contributed by atoms with van der Waals surface area (Å²) in [5.41, 5.74) is 2.49. The van der Waals surface area contributed by atoms with E-state index in [0.29, 0.717) is 45.7 Å². The van der Waals surface area contributed by atoms with E-state index < -0.39 is 0 Å². The highest BCUT2D eigenvalue weighted by molar-refractivity contribution is 6.42. The van der Waals surface area contributed by atoms with E-state index in [1.54, 1.807) is 18.2 Å². The standard InChI is InChI=1S/C24H26Cl3N3O/c1-15(2)13-29(24(31)16-7-9-19(26)20(27)11-16)14-23-28-21-10-8-17(25)12-22(21)30(23)18-5-3-4-6-18/h7-12,15,18H,3-6,13-14H2,1-2H3. The summed E-state index contributed by atoms with van der Waals surface area (Å²) in [6, 6.07) is 11.2. The van der Waals surface area contributed by atoms with E-state index in [0.717, 1.165) is 29.7 Å². The second-order valence-electron chi connectivity index (χ2n) is 8.68. The number of amides is 1. The molecule has 1 amide bonds. The summed E-state index contributed by atoms with van der Waals surface area (Å²) in [6.45, 7) is 5.26. The highest BCUT2D eigenvalue weighted by atomic mass is 35.5. The van der Waals surface area contributed by atoms with Gasteiger partial charge in [0, 0.05) is 23.2 Å². The van der Waals surface area contributed by atoms with Gasteiger partial charge in [-0.25, -0.2) is 4.98 Å². The summed E-state index contributed by atoms with van der Waals surface area (Å²) in [5.74, 6) is 1.14. The Hall–Kier alpha value is -1.75. The van der Waals surface area contributed by atoms with Crippen molar-refractivity contribution in [1.82, 2.24) is 14.5 Å². The molecule has 0 unspecified atom stereocenters. The van der Waals surface area contributed by atoms with Crippen LogP contribution in [-0.2, 0) is 6.54 Å². The molecule has 31 heavy (non-hydrogen) atoms. The van der Waals surface area contributed by atoms with Gasteiger partial charge in [0.2, 0.25) is 0 Å². The van der Waals surface area contributed by atoms with Crippen LogP contribution in [0.3, 0.4) is 0 Å². The number of carbonyl (C=O) groups excluding carboxylic acids is 1. The van der Waals surface area contributed by atoms with Crippen molar-refractivity contribution >= 4 is 51.7 Å². The lowest BCUT2D eigenvalue weighted by Gasteiger charge is -2.26. The summed E-state index contributed by atoms with van der Waals surface area (Å²) in [4.78, 5) is 20.2. The molecule has 1 aliphatic rings. The van der Waals surface area contributed by atoms with Crippen LogP contribution in [-0.4, -0.2) is 26.9 Å². The molecule has 1 fully saturated rings. The summed E-state index contributed by atoms with van der Waals surface area (Å²) in [5, 5.41) is 1.52. The van der Waals surface area contributed by atoms with Gasteiger partial charge in [-0.1, -0.05) is 61.5 Å². The third-order valence-electron chi connectivity index (χ3n) is 5.79. The van der Waals surface area contributed by atoms with E-state index in [2.05, 4.69) is 18.4 Å². The lowest BCUT2D eigenvalue weighted by atomic mass is 10.1. The smallest absolute Gasteiger partial charge is 0.254 e. The number of aromatic nitrogens is 2. The van der Waals surface area contributed by atoms with E-state index >= 15 is 0 Å². The zero-order chi connectivity index (χ0) is 22.1. The molecule has 4 nitrogen and oxygen atoms in total. The zero-order valence-corrected chi connectivity index (χ0v) is 20.0. The molecule has 4 rings (SSSR count). The Bertz CT molecular complexity index is 1100. The van der Waals surface area contributed by atoms with Gasteiger partial charge in [-0.2, -0.15) is 0 Å². The van der Waals surface area contributed by atoms with Crippen molar-refractivity contribution in [3.63, 3.8) is 0 Å². The topological polar surface area (TPSA) is 38.1 Å². The number of halogens is 3. The van der Waals surface area contributed by atoms with E-state index in [9.17, 15) is 4.79 Å². The van der Waals surface area contributed by atoms with Crippen molar-refractivity contribution in [2.24, 2.45) is 5.92 Å². The van der Waals surface area contributed by atoms with Crippen LogP contribution in [0.25, 0.3) is 11.0 Å². The van der Waals surface area contributed by atoms with Crippen molar-refractivity contribution in [3.05, 3.63) is 62.9 Å². The number of nitrogens with zero attached hydrogens (tertiary/aromatic N) is 3. The highest BCUT2D eigenvalue weighted by Crippen LogP contribution is 2.35. The molecule has 1 heterocycles. The number of imidazole rings is 1. The molecule has 0 N–H and O–H groups in total. The Balaban J connectivity index is 1.73. The first-order valence-corrected chi connectivity index (χ1v) is 11.9. The third-order valence-corrected chi connectivity index (χ3v) is 6.76. The van der Waals surface area contributed by atoms with Gasteiger partial charge in [0.1, 0.15) is 5.82 Å². The summed E-state index contributed by atoms with van der Waals surface area (Å²) in [6.07, 6.45) is 4.66. The lowest BCUT2D eigenvalue weighted by Crippen LogP contribution is -2.35. The van der Waals surface area contributed by atoms with Crippen molar-refractivity contribution in [3.8, 4) is 0 Å². The van der Waals surface area contributed by atoms with E-state index in [1.807, 2.05) is 23.1 Å². The maximum atomic E-state index is 13.4. The van der Waals surface area contributed by atoms with Gasteiger partial charge in [-0.3, -0.25) is 4.79 Å². The molecule has 1 aromatic heterocycles. The average Bonchev–Trinajstić information content (AvgIpc) is 3.35. The Labute approximate surface area is 198 Å². The maximum Gasteiger partial charge on any atom is 0.254 e. The van der Waals surface area contributed by atoms with Crippen LogP contribution < -0.4 is 0 Å². The SMILES string of the molecule is CC(C)CN(Cc1nc2ccc(Cl)cc2n1C1CCCC1)C(=O)c1ccc(Cl)c(Cl)c1. The van der Waals surface area contributed by atoms with Gasteiger partial charge in [0.15, 0.2) is 0 Å². The molecular formula is C24H26Cl3N3O. The van der Waals surface area contributed by atoms with Gasteiger partial charge < -0.3 is 9.47 Å². The number of rotatable bonds is 6. The molecule has 3 aromatic rings. The predicted molar refractivity (Wildman–Crippen MR) is 128 cm³/mol. The van der Waals surface area contributed by atoms with Crippen LogP contribution >= 0.6 is 34.8 Å². The molecule has 0 bridgehead atoms. The zero-order valence-electron chi connectivity index (χ0n) is 17.7. The molecular weight excluding hydrogens is 453 g/mol. The number of hydrogen-bond acceptors (Lipinski definition) is 2. The number of carbonyl (C=O) groups is 1. The monoisotopic (exact) mass is 477 g/mol. The van der Waals surface area contributed by atoms with Crippen LogP contribution in [0.15, 0.2) is 36.4 Å². The van der Waals surface area contributed by atoms with Crippen LogP contribution in [0.1, 0.15) is 61.8 Å². The molecule has 0 aliphatic heterocycles. The summed E-state index contributed by atoms with van der Waals surface area (Å²) >= 11 is 18.5. The third kappa shape index (κ3) is 4.87. The first kappa shape index (κ1) is 22.4. The van der Waals surface area contributed by atoms with Crippen LogP contribution in [0, 0.1) is 5.92 Å². The van der Waals surface area contributed by atoms with Crippen LogP contribution in [0.2, 0.25) is 15.1 Å². The molecule has 1 aliphatic carbocycles. The lowest BCUT2D eigenvalue weighted by molar-refractivity contribution is 0.0715. The first-order valence-electron chi connectivity index (χ1n) is 10.7. The fourth-order valence-electron chi connectivity index (χ4n) is 4.44. The second-order valence-corrected chi connectivity index (χ2v) is 9.93. The van der Waals surface area contributed by atoms with Gasteiger partial charge in [0.25, 0.3) is 5.91 Å². The molecule has 164 valence electrons. The molecule has 2 aromatic carbocycles. The minimum Gasteiger partial charge on any atom is -0.331 e. The maximum absolute atomic E-state index is 13.4. The van der Waals surface area contributed by atoms with Crippen LogP contribution in [0.5, 0.6) is 0 Å². The van der Waals surface area contributed by atoms with Crippen molar-refractivity contribution in [1.29, 1.82) is 0 Å². The second kappa shape index (κ2) is 9.40.